The van der Waals surface area contributed by atoms with Gasteiger partial charge < -0.3 is 20.3 Å². The number of hydrogen-bond donors (Lipinski definition) is 2. The number of methoxy groups -OCH3 is 1. The second-order valence-electron chi connectivity index (χ2n) is 7.62. The minimum absolute atomic E-state index is 0.214. The largest absolute Gasteiger partial charge is 0.467 e. The summed E-state index contributed by atoms with van der Waals surface area (Å²) in [7, 11) is 1.51. The van der Waals surface area contributed by atoms with E-state index in [9.17, 15) is 4.79 Å². The number of nitrogens with one attached hydrogen (secondary N) is 2. The molecule has 30 heavy (non-hydrogen) atoms. The number of benzene rings is 1. The van der Waals surface area contributed by atoms with E-state index < -0.39 is 0 Å². The van der Waals surface area contributed by atoms with Crippen molar-refractivity contribution < 1.29 is 9.53 Å². The number of aryl methyl sites for hydroxylation is 1. The van der Waals surface area contributed by atoms with Gasteiger partial charge in [-0.25, -0.2) is 9.97 Å². The maximum Gasteiger partial charge on any atom is 0.316 e. The first kappa shape index (κ1) is 20.0. The van der Waals surface area contributed by atoms with E-state index in [1.165, 1.54) is 13.3 Å². The molecule has 2 N–H and O–H groups in total. The SMILES string of the molecule is COc1ncc2c(N3CC(C)NC(C)C3)ccc(C(=O)Nc3cnc(C)cn3)c2n1. The van der Waals surface area contributed by atoms with Crippen LogP contribution in [0, 0.1) is 6.92 Å². The molecule has 1 saturated heterocycles. The summed E-state index contributed by atoms with van der Waals surface area (Å²) in [5, 5.41) is 7.13. The first-order valence-electron chi connectivity index (χ1n) is 9.89. The summed E-state index contributed by atoms with van der Waals surface area (Å²) in [6, 6.07) is 4.67. The van der Waals surface area contributed by atoms with Gasteiger partial charge in [0.1, 0.15) is 0 Å². The van der Waals surface area contributed by atoms with Gasteiger partial charge in [0.25, 0.3) is 5.91 Å². The first-order valence-corrected chi connectivity index (χ1v) is 9.89. The summed E-state index contributed by atoms with van der Waals surface area (Å²) in [6.07, 6.45) is 4.86. The second-order valence-corrected chi connectivity index (χ2v) is 7.62. The van der Waals surface area contributed by atoms with Crippen LogP contribution in [0.4, 0.5) is 11.5 Å². The summed E-state index contributed by atoms with van der Waals surface area (Å²) in [5.41, 5.74) is 2.74. The number of rotatable bonds is 4. The molecule has 0 spiro atoms. The van der Waals surface area contributed by atoms with Crippen molar-refractivity contribution in [1.29, 1.82) is 0 Å². The Hall–Kier alpha value is -3.33. The van der Waals surface area contributed by atoms with E-state index in [0.29, 0.717) is 29.0 Å². The summed E-state index contributed by atoms with van der Waals surface area (Å²) in [4.78, 5) is 32.4. The van der Waals surface area contributed by atoms with Crippen molar-refractivity contribution in [3.05, 3.63) is 42.0 Å². The van der Waals surface area contributed by atoms with Gasteiger partial charge in [0.15, 0.2) is 5.82 Å². The Bertz CT molecular complexity index is 1060. The van der Waals surface area contributed by atoms with E-state index >= 15 is 0 Å². The lowest BCUT2D eigenvalue weighted by Crippen LogP contribution is -2.54. The standard InChI is InChI=1S/C21H25N7O2/c1-12-7-23-18(9-22-12)26-20(29)15-5-6-17(28-10-13(2)25-14(3)11-28)16-8-24-21(30-4)27-19(15)16/h5-9,13-14,25H,10-11H2,1-4H3,(H,23,26,29). The van der Waals surface area contributed by atoms with Crippen molar-refractivity contribution in [2.45, 2.75) is 32.9 Å². The number of hydrogen-bond acceptors (Lipinski definition) is 8. The van der Waals surface area contributed by atoms with Crippen LogP contribution >= 0.6 is 0 Å². The summed E-state index contributed by atoms with van der Waals surface area (Å²) in [6.45, 7) is 7.88. The molecule has 2 unspecified atom stereocenters. The Morgan fingerprint density at radius 2 is 1.90 bits per heavy atom. The molecule has 1 aliphatic rings. The molecule has 0 bridgehead atoms. The molecule has 3 heterocycles. The third-order valence-electron chi connectivity index (χ3n) is 5.05. The lowest BCUT2D eigenvalue weighted by molar-refractivity contribution is 0.102. The van der Waals surface area contributed by atoms with Crippen LogP contribution in [-0.4, -0.2) is 58.1 Å². The van der Waals surface area contributed by atoms with Gasteiger partial charge in [-0.3, -0.25) is 9.78 Å². The average Bonchev–Trinajstić information content (AvgIpc) is 2.73. The number of carbonyl (C=O) groups is 1. The van der Waals surface area contributed by atoms with Gasteiger partial charge >= 0.3 is 6.01 Å². The lowest BCUT2D eigenvalue weighted by Gasteiger charge is -2.38. The minimum atomic E-state index is -0.312. The van der Waals surface area contributed by atoms with Crippen LogP contribution in [0.15, 0.2) is 30.7 Å². The number of ether oxygens (including phenoxy) is 1. The number of carbonyl (C=O) groups excluding carboxylic acids is 1. The van der Waals surface area contributed by atoms with Gasteiger partial charge in [-0.05, 0) is 32.9 Å². The highest BCUT2D eigenvalue weighted by Crippen LogP contribution is 2.30. The monoisotopic (exact) mass is 407 g/mol. The van der Waals surface area contributed by atoms with Crippen LogP contribution in [0.3, 0.4) is 0 Å². The van der Waals surface area contributed by atoms with E-state index in [1.54, 1.807) is 18.5 Å². The van der Waals surface area contributed by atoms with Crippen LogP contribution in [-0.2, 0) is 0 Å². The van der Waals surface area contributed by atoms with E-state index in [1.807, 2.05) is 13.0 Å². The molecule has 9 nitrogen and oxygen atoms in total. The van der Waals surface area contributed by atoms with Gasteiger partial charge in [-0.2, -0.15) is 4.98 Å². The third-order valence-corrected chi connectivity index (χ3v) is 5.05. The molecule has 1 aromatic carbocycles. The fourth-order valence-electron chi connectivity index (χ4n) is 3.81. The van der Waals surface area contributed by atoms with Crippen molar-refractivity contribution >= 4 is 28.3 Å². The highest BCUT2D eigenvalue weighted by molar-refractivity contribution is 6.13. The lowest BCUT2D eigenvalue weighted by atomic mass is 10.0. The fourth-order valence-corrected chi connectivity index (χ4v) is 3.81. The van der Waals surface area contributed by atoms with Crippen LogP contribution in [0.5, 0.6) is 6.01 Å². The number of anilines is 2. The number of amides is 1. The van der Waals surface area contributed by atoms with Crippen LogP contribution in [0.2, 0.25) is 0 Å². The third kappa shape index (κ3) is 4.02. The maximum absolute atomic E-state index is 13.0. The zero-order valence-electron chi connectivity index (χ0n) is 17.5. The van der Waals surface area contributed by atoms with Crippen molar-refractivity contribution in [2.24, 2.45) is 0 Å². The van der Waals surface area contributed by atoms with Crippen molar-refractivity contribution in [2.75, 3.05) is 30.4 Å². The molecule has 3 aromatic rings. The molecule has 1 amide bonds. The molecule has 0 aliphatic carbocycles. The smallest absolute Gasteiger partial charge is 0.316 e. The van der Waals surface area contributed by atoms with E-state index in [0.717, 1.165) is 29.9 Å². The Labute approximate surface area is 174 Å². The molecular weight excluding hydrogens is 382 g/mol. The van der Waals surface area contributed by atoms with Crippen LogP contribution in [0.1, 0.15) is 29.9 Å². The molecule has 9 heteroatoms. The fraction of sp³-hybridized carbons (Fsp3) is 0.381. The summed E-state index contributed by atoms with van der Waals surface area (Å²) >= 11 is 0. The predicted octanol–water partition coefficient (Wildman–Crippen LogP) is 2.18. The number of nitrogens with zero attached hydrogens (tertiary/aromatic N) is 5. The number of piperazine rings is 1. The number of aromatic nitrogens is 4. The normalized spacial score (nSPS) is 19.0. The predicted molar refractivity (Wildman–Crippen MR) is 115 cm³/mol. The Morgan fingerprint density at radius 3 is 2.57 bits per heavy atom. The van der Waals surface area contributed by atoms with Gasteiger partial charge in [0.2, 0.25) is 0 Å². The Morgan fingerprint density at radius 1 is 1.13 bits per heavy atom. The van der Waals surface area contributed by atoms with E-state index in [4.69, 9.17) is 4.74 Å². The molecule has 4 rings (SSSR count). The highest BCUT2D eigenvalue weighted by Gasteiger charge is 2.24. The molecule has 2 aromatic heterocycles. The molecule has 1 aliphatic heterocycles. The van der Waals surface area contributed by atoms with Crippen LogP contribution in [0.25, 0.3) is 10.9 Å². The minimum Gasteiger partial charge on any atom is -0.467 e. The van der Waals surface area contributed by atoms with Gasteiger partial charge in [-0.15, -0.1) is 0 Å². The summed E-state index contributed by atoms with van der Waals surface area (Å²) < 4.78 is 5.21. The van der Waals surface area contributed by atoms with Gasteiger partial charge in [0, 0.05) is 42.4 Å². The highest BCUT2D eigenvalue weighted by atomic mass is 16.5. The van der Waals surface area contributed by atoms with Gasteiger partial charge in [-0.1, -0.05) is 0 Å². The Kier molecular flexibility index (Phi) is 5.45. The van der Waals surface area contributed by atoms with Gasteiger partial charge in [0.05, 0.1) is 36.3 Å². The van der Waals surface area contributed by atoms with Crippen molar-refractivity contribution in [1.82, 2.24) is 25.3 Å². The Balaban J connectivity index is 1.75. The quantitative estimate of drug-likeness (QED) is 0.678. The molecule has 1 fully saturated rings. The van der Waals surface area contributed by atoms with Crippen molar-refractivity contribution in [3.8, 4) is 6.01 Å². The maximum atomic E-state index is 13.0. The van der Waals surface area contributed by atoms with Crippen LogP contribution < -0.4 is 20.3 Å². The molecule has 0 radical (unpaired) electrons. The molecule has 156 valence electrons. The van der Waals surface area contributed by atoms with E-state index in [-0.39, 0.29) is 11.9 Å². The topological polar surface area (TPSA) is 105 Å². The molecular formula is C21H25N7O2. The zero-order valence-corrected chi connectivity index (χ0v) is 17.5. The van der Waals surface area contributed by atoms with E-state index in [2.05, 4.69) is 49.3 Å². The summed E-state index contributed by atoms with van der Waals surface area (Å²) in [5.74, 6) is 0.0705. The zero-order chi connectivity index (χ0) is 21.3. The molecule has 0 saturated carbocycles. The molecule has 2 atom stereocenters. The number of fused-ring (bicyclic) bond motifs is 1. The average molecular weight is 407 g/mol. The second kappa shape index (κ2) is 8.19. The van der Waals surface area contributed by atoms with Crippen molar-refractivity contribution in [3.63, 3.8) is 0 Å². The first-order chi connectivity index (χ1) is 14.4.